The molecule has 0 saturated heterocycles. The molecular formula is C17H16N4O5. The quantitative estimate of drug-likeness (QED) is 0.528. The van der Waals surface area contributed by atoms with Crippen LogP contribution in [-0.2, 0) is 4.79 Å². The number of hydrogen-bond donors (Lipinski definition) is 3. The third-order valence-corrected chi connectivity index (χ3v) is 3.33. The summed E-state index contributed by atoms with van der Waals surface area (Å²) in [6, 6.07) is 13.5. The molecule has 3 N–H and O–H groups in total. The fourth-order valence-corrected chi connectivity index (χ4v) is 1.98. The average Bonchev–Trinajstić information content (AvgIpc) is 2.66. The molecule has 0 aliphatic carbocycles. The summed E-state index contributed by atoms with van der Waals surface area (Å²) < 4.78 is 0. The molecule has 0 aliphatic heterocycles. The number of nitrogens with zero attached hydrogens (tertiary/aromatic N) is 1. The number of nitro groups is 1. The van der Waals surface area contributed by atoms with Gasteiger partial charge in [0.15, 0.2) is 0 Å². The number of amides is 3. The number of rotatable bonds is 6. The van der Waals surface area contributed by atoms with Crippen molar-refractivity contribution < 1.29 is 19.3 Å². The molecule has 134 valence electrons. The molecule has 0 saturated carbocycles. The first kappa shape index (κ1) is 18.6. The lowest BCUT2D eigenvalue weighted by atomic mass is 10.2. The van der Waals surface area contributed by atoms with E-state index in [2.05, 4.69) is 16.2 Å². The van der Waals surface area contributed by atoms with Crippen molar-refractivity contribution in [2.75, 3.05) is 6.54 Å². The van der Waals surface area contributed by atoms with Gasteiger partial charge in [-0.05, 0) is 24.3 Å². The summed E-state index contributed by atoms with van der Waals surface area (Å²) in [4.78, 5) is 45.3. The second-order valence-corrected chi connectivity index (χ2v) is 5.18. The number of nitrogens with one attached hydrogen (secondary N) is 3. The van der Waals surface area contributed by atoms with Crippen LogP contribution < -0.4 is 16.2 Å². The van der Waals surface area contributed by atoms with Crippen LogP contribution in [0.5, 0.6) is 0 Å². The number of nitro benzene ring substituents is 1. The Labute approximate surface area is 148 Å². The number of hydrogen-bond acceptors (Lipinski definition) is 5. The Morgan fingerprint density at radius 2 is 1.46 bits per heavy atom. The van der Waals surface area contributed by atoms with E-state index in [1.807, 2.05) is 0 Å². The van der Waals surface area contributed by atoms with Crippen LogP contribution in [0.4, 0.5) is 5.69 Å². The molecular weight excluding hydrogens is 340 g/mol. The van der Waals surface area contributed by atoms with Gasteiger partial charge in [0.1, 0.15) is 0 Å². The molecule has 9 nitrogen and oxygen atoms in total. The molecule has 0 aromatic heterocycles. The average molecular weight is 356 g/mol. The summed E-state index contributed by atoms with van der Waals surface area (Å²) in [5, 5.41) is 13.1. The first-order valence-electron chi connectivity index (χ1n) is 7.64. The van der Waals surface area contributed by atoms with Crippen molar-refractivity contribution in [3.8, 4) is 0 Å². The molecule has 0 heterocycles. The maximum Gasteiger partial charge on any atom is 0.269 e. The van der Waals surface area contributed by atoms with Gasteiger partial charge in [-0.3, -0.25) is 35.3 Å². The number of carbonyl (C=O) groups excluding carboxylic acids is 3. The van der Waals surface area contributed by atoms with E-state index in [0.717, 1.165) is 0 Å². The molecule has 3 amide bonds. The minimum absolute atomic E-state index is 0.0445. The van der Waals surface area contributed by atoms with Crippen molar-refractivity contribution >= 4 is 23.4 Å². The molecule has 0 aliphatic rings. The van der Waals surface area contributed by atoms with Gasteiger partial charge in [-0.25, -0.2) is 0 Å². The second kappa shape index (κ2) is 8.92. The SMILES string of the molecule is O=C(CCNC(=O)c1ccc([N+](=O)[O-])cc1)NNC(=O)c1ccccc1. The molecule has 0 unspecified atom stereocenters. The topological polar surface area (TPSA) is 130 Å². The third kappa shape index (κ3) is 5.41. The highest BCUT2D eigenvalue weighted by Gasteiger charge is 2.10. The molecule has 0 atom stereocenters. The minimum atomic E-state index is -0.560. The summed E-state index contributed by atoms with van der Waals surface area (Å²) in [7, 11) is 0. The van der Waals surface area contributed by atoms with Gasteiger partial charge in [0.25, 0.3) is 17.5 Å². The van der Waals surface area contributed by atoms with Crippen LogP contribution in [0.1, 0.15) is 27.1 Å². The van der Waals surface area contributed by atoms with Crippen LogP contribution in [0.2, 0.25) is 0 Å². The third-order valence-electron chi connectivity index (χ3n) is 3.33. The van der Waals surface area contributed by atoms with Gasteiger partial charge in [-0.1, -0.05) is 18.2 Å². The summed E-state index contributed by atoms with van der Waals surface area (Å²) in [6.45, 7) is 0.0445. The van der Waals surface area contributed by atoms with Crippen LogP contribution in [0.3, 0.4) is 0 Å². The molecule has 2 aromatic rings. The Balaban J connectivity index is 1.71. The van der Waals surface area contributed by atoms with Crippen molar-refractivity contribution in [1.29, 1.82) is 0 Å². The Hall–Kier alpha value is -3.75. The van der Waals surface area contributed by atoms with Crippen molar-refractivity contribution in [1.82, 2.24) is 16.2 Å². The van der Waals surface area contributed by atoms with E-state index in [0.29, 0.717) is 5.56 Å². The maximum absolute atomic E-state index is 11.9. The maximum atomic E-state index is 11.9. The van der Waals surface area contributed by atoms with Crippen LogP contribution in [-0.4, -0.2) is 29.2 Å². The first-order chi connectivity index (χ1) is 12.5. The van der Waals surface area contributed by atoms with Gasteiger partial charge in [-0.15, -0.1) is 0 Å². The lowest BCUT2D eigenvalue weighted by Crippen LogP contribution is -2.42. The molecule has 0 bridgehead atoms. The van der Waals surface area contributed by atoms with Crippen LogP contribution in [0, 0.1) is 10.1 Å². The lowest BCUT2D eigenvalue weighted by Gasteiger charge is -2.08. The predicted molar refractivity (Wildman–Crippen MR) is 92.1 cm³/mol. The Kier molecular flexibility index (Phi) is 6.38. The van der Waals surface area contributed by atoms with Gasteiger partial charge in [0, 0.05) is 36.2 Å². The van der Waals surface area contributed by atoms with Crippen LogP contribution >= 0.6 is 0 Å². The molecule has 0 fully saturated rings. The highest BCUT2D eigenvalue weighted by atomic mass is 16.6. The first-order valence-corrected chi connectivity index (χ1v) is 7.64. The van der Waals surface area contributed by atoms with Crippen LogP contribution in [0.15, 0.2) is 54.6 Å². The van der Waals surface area contributed by atoms with Crippen molar-refractivity contribution in [2.45, 2.75) is 6.42 Å². The minimum Gasteiger partial charge on any atom is -0.352 e. The predicted octanol–water partition coefficient (Wildman–Crippen LogP) is 1.18. The van der Waals surface area contributed by atoms with E-state index >= 15 is 0 Å². The van der Waals surface area contributed by atoms with E-state index in [-0.39, 0.29) is 24.2 Å². The van der Waals surface area contributed by atoms with Crippen molar-refractivity contribution in [3.63, 3.8) is 0 Å². The molecule has 9 heteroatoms. The van der Waals surface area contributed by atoms with Gasteiger partial charge >= 0.3 is 0 Å². The van der Waals surface area contributed by atoms with Crippen LogP contribution in [0.25, 0.3) is 0 Å². The van der Waals surface area contributed by atoms with E-state index in [1.165, 1.54) is 24.3 Å². The van der Waals surface area contributed by atoms with Gasteiger partial charge in [0.05, 0.1) is 4.92 Å². The molecule has 0 spiro atoms. The highest BCUT2D eigenvalue weighted by molar-refractivity contribution is 5.96. The molecule has 26 heavy (non-hydrogen) atoms. The largest absolute Gasteiger partial charge is 0.352 e. The highest BCUT2D eigenvalue weighted by Crippen LogP contribution is 2.11. The number of hydrazine groups is 1. The van der Waals surface area contributed by atoms with E-state index in [4.69, 9.17) is 0 Å². The summed E-state index contributed by atoms with van der Waals surface area (Å²) in [5.74, 6) is -1.38. The van der Waals surface area contributed by atoms with Crippen molar-refractivity contribution in [3.05, 3.63) is 75.8 Å². The van der Waals surface area contributed by atoms with Gasteiger partial charge in [0.2, 0.25) is 5.91 Å². The summed E-state index contributed by atoms with van der Waals surface area (Å²) in [5.41, 5.74) is 5.05. The van der Waals surface area contributed by atoms with Gasteiger partial charge in [-0.2, -0.15) is 0 Å². The number of non-ortho nitro benzene ring substituents is 1. The van der Waals surface area contributed by atoms with Gasteiger partial charge < -0.3 is 5.32 Å². The zero-order valence-corrected chi connectivity index (χ0v) is 13.6. The summed E-state index contributed by atoms with van der Waals surface area (Å²) >= 11 is 0. The van der Waals surface area contributed by atoms with E-state index < -0.39 is 22.6 Å². The molecule has 2 rings (SSSR count). The zero-order chi connectivity index (χ0) is 18.9. The fraction of sp³-hybridized carbons (Fsp3) is 0.118. The van der Waals surface area contributed by atoms with Crippen molar-refractivity contribution in [2.24, 2.45) is 0 Å². The lowest BCUT2D eigenvalue weighted by molar-refractivity contribution is -0.384. The number of benzene rings is 2. The van der Waals surface area contributed by atoms with E-state index in [1.54, 1.807) is 30.3 Å². The zero-order valence-electron chi connectivity index (χ0n) is 13.6. The molecule has 2 aromatic carbocycles. The smallest absolute Gasteiger partial charge is 0.269 e. The monoisotopic (exact) mass is 356 g/mol. The van der Waals surface area contributed by atoms with E-state index in [9.17, 15) is 24.5 Å². The number of carbonyl (C=O) groups is 3. The standard InChI is InChI=1S/C17H16N4O5/c22-15(19-20-17(24)12-4-2-1-3-5-12)10-11-18-16(23)13-6-8-14(9-7-13)21(25)26/h1-9H,10-11H2,(H,18,23)(H,19,22)(H,20,24). The Morgan fingerprint density at radius 3 is 2.08 bits per heavy atom. The Bertz CT molecular complexity index is 806. The normalized spacial score (nSPS) is 9.85. The second-order valence-electron chi connectivity index (χ2n) is 5.18. The Morgan fingerprint density at radius 1 is 0.846 bits per heavy atom. The molecule has 0 radical (unpaired) electrons. The summed E-state index contributed by atoms with van der Waals surface area (Å²) in [6.07, 6.45) is -0.0478. The fourth-order valence-electron chi connectivity index (χ4n) is 1.98.